The second kappa shape index (κ2) is 8.83. The number of nitrogens with one attached hydrogen (secondary N) is 2. The molecule has 28 heavy (non-hydrogen) atoms. The van der Waals surface area contributed by atoms with Crippen LogP contribution in [0.4, 0.5) is 16.2 Å². The van der Waals surface area contributed by atoms with E-state index in [1.54, 1.807) is 12.1 Å². The van der Waals surface area contributed by atoms with Gasteiger partial charge in [-0.2, -0.15) is 4.98 Å². The van der Waals surface area contributed by atoms with Crippen LogP contribution in [0.15, 0.2) is 60.2 Å². The van der Waals surface area contributed by atoms with Crippen LogP contribution in [-0.2, 0) is 6.54 Å². The number of hydrogen-bond acceptors (Lipinski definition) is 4. The molecule has 0 atom stereocenters. The van der Waals surface area contributed by atoms with Gasteiger partial charge in [0.1, 0.15) is 11.6 Å². The standard InChI is InChI=1S/C23H25FN4/c24-19-12-10-18(11-13-19)16-26-22-20-8-4-5-9-21(20)27-23(28-22)25-15-14-17-6-2-1-3-7-17/h4-6,8-13H,1-3,7,14-16H2,(H2,25,26,27,28). The highest BCUT2D eigenvalue weighted by Gasteiger charge is 2.08. The summed E-state index contributed by atoms with van der Waals surface area (Å²) in [6.45, 7) is 1.41. The molecule has 0 radical (unpaired) electrons. The van der Waals surface area contributed by atoms with Gasteiger partial charge in [0.25, 0.3) is 0 Å². The predicted molar refractivity (Wildman–Crippen MR) is 113 cm³/mol. The fraction of sp³-hybridized carbons (Fsp3) is 0.304. The normalized spacial score (nSPS) is 14.0. The van der Waals surface area contributed by atoms with E-state index in [9.17, 15) is 4.39 Å². The zero-order valence-corrected chi connectivity index (χ0v) is 15.9. The molecule has 0 fully saturated rings. The molecule has 1 heterocycles. The Hall–Kier alpha value is -2.95. The second-order valence-electron chi connectivity index (χ2n) is 7.18. The molecule has 2 N–H and O–H groups in total. The zero-order chi connectivity index (χ0) is 19.2. The van der Waals surface area contributed by atoms with E-state index in [-0.39, 0.29) is 5.82 Å². The maximum Gasteiger partial charge on any atom is 0.225 e. The van der Waals surface area contributed by atoms with Crippen LogP contribution in [-0.4, -0.2) is 16.5 Å². The van der Waals surface area contributed by atoms with Crippen molar-refractivity contribution in [3.8, 4) is 0 Å². The summed E-state index contributed by atoms with van der Waals surface area (Å²) < 4.78 is 13.1. The molecule has 4 rings (SSSR count). The molecule has 3 aromatic rings. The molecule has 2 aromatic carbocycles. The van der Waals surface area contributed by atoms with E-state index in [2.05, 4.69) is 26.7 Å². The Labute approximate surface area is 164 Å². The Morgan fingerprint density at radius 3 is 2.61 bits per heavy atom. The molecule has 4 nitrogen and oxygen atoms in total. The Bertz CT molecular complexity index is 966. The molecule has 1 aliphatic rings. The first kappa shape index (κ1) is 18.4. The maximum absolute atomic E-state index is 13.1. The lowest BCUT2D eigenvalue weighted by Crippen LogP contribution is -2.10. The second-order valence-corrected chi connectivity index (χ2v) is 7.18. The van der Waals surface area contributed by atoms with Crippen LogP contribution >= 0.6 is 0 Å². The number of anilines is 2. The third-order valence-electron chi connectivity index (χ3n) is 5.09. The van der Waals surface area contributed by atoms with Crippen LogP contribution < -0.4 is 10.6 Å². The van der Waals surface area contributed by atoms with Crippen molar-refractivity contribution in [2.24, 2.45) is 0 Å². The van der Waals surface area contributed by atoms with Crippen LogP contribution in [0.1, 0.15) is 37.7 Å². The van der Waals surface area contributed by atoms with E-state index < -0.39 is 0 Å². The van der Waals surface area contributed by atoms with Gasteiger partial charge >= 0.3 is 0 Å². The Balaban J connectivity index is 1.48. The van der Waals surface area contributed by atoms with E-state index >= 15 is 0 Å². The largest absolute Gasteiger partial charge is 0.365 e. The SMILES string of the molecule is Fc1ccc(CNc2nc(NCCC3=CCCCC3)nc3ccccc23)cc1. The molecule has 1 aliphatic carbocycles. The summed E-state index contributed by atoms with van der Waals surface area (Å²) in [6, 6.07) is 14.5. The summed E-state index contributed by atoms with van der Waals surface area (Å²) in [5.41, 5.74) is 3.44. The van der Waals surface area contributed by atoms with Crippen molar-refractivity contribution in [2.75, 3.05) is 17.2 Å². The van der Waals surface area contributed by atoms with Gasteiger partial charge in [-0.3, -0.25) is 0 Å². The maximum atomic E-state index is 13.1. The predicted octanol–water partition coefficient (Wildman–Crippen LogP) is 5.68. The molecule has 0 amide bonds. The zero-order valence-electron chi connectivity index (χ0n) is 15.9. The van der Waals surface area contributed by atoms with E-state index in [1.807, 2.05) is 24.3 Å². The van der Waals surface area contributed by atoms with Gasteiger partial charge in [0.05, 0.1) is 5.52 Å². The molecule has 144 valence electrons. The number of hydrogen-bond donors (Lipinski definition) is 2. The summed E-state index contributed by atoms with van der Waals surface area (Å²) in [5, 5.41) is 7.73. The van der Waals surface area contributed by atoms with Gasteiger partial charge in [-0.05, 0) is 61.9 Å². The summed E-state index contributed by atoms with van der Waals surface area (Å²) in [4.78, 5) is 9.34. The lowest BCUT2D eigenvalue weighted by Gasteiger charge is -2.14. The van der Waals surface area contributed by atoms with Gasteiger partial charge in [-0.25, -0.2) is 9.37 Å². The lowest BCUT2D eigenvalue weighted by molar-refractivity contribution is 0.627. The highest BCUT2D eigenvalue weighted by Crippen LogP contribution is 2.23. The van der Waals surface area contributed by atoms with Gasteiger partial charge in [-0.1, -0.05) is 35.9 Å². The highest BCUT2D eigenvalue weighted by molar-refractivity contribution is 5.90. The van der Waals surface area contributed by atoms with E-state index in [0.29, 0.717) is 12.5 Å². The van der Waals surface area contributed by atoms with Crippen LogP contribution in [0.5, 0.6) is 0 Å². The first-order valence-electron chi connectivity index (χ1n) is 9.95. The van der Waals surface area contributed by atoms with Crippen LogP contribution in [0.25, 0.3) is 10.9 Å². The van der Waals surface area contributed by atoms with Gasteiger partial charge < -0.3 is 10.6 Å². The van der Waals surface area contributed by atoms with Gasteiger partial charge in [-0.15, -0.1) is 0 Å². The molecule has 0 unspecified atom stereocenters. The highest BCUT2D eigenvalue weighted by atomic mass is 19.1. The average molecular weight is 376 g/mol. The number of benzene rings is 2. The number of rotatable bonds is 7. The number of allylic oxidation sites excluding steroid dienone is 1. The molecule has 0 saturated carbocycles. The number of aromatic nitrogens is 2. The first-order valence-corrected chi connectivity index (χ1v) is 9.95. The smallest absolute Gasteiger partial charge is 0.225 e. The van der Waals surface area contributed by atoms with Crippen molar-refractivity contribution in [3.63, 3.8) is 0 Å². The van der Waals surface area contributed by atoms with E-state index in [4.69, 9.17) is 0 Å². The van der Waals surface area contributed by atoms with Crippen molar-refractivity contribution in [3.05, 3.63) is 71.6 Å². The number of nitrogens with zero attached hydrogens (tertiary/aromatic N) is 2. The fourth-order valence-corrected chi connectivity index (χ4v) is 3.55. The van der Waals surface area contributed by atoms with Crippen LogP contribution in [0.2, 0.25) is 0 Å². The summed E-state index contributed by atoms with van der Waals surface area (Å²) >= 11 is 0. The van der Waals surface area contributed by atoms with E-state index in [0.717, 1.165) is 35.2 Å². The minimum Gasteiger partial charge on any atom is -0.365 e. The molecule has 1 aromatic heterocycles. The van der Waals surface area contributed by atoms with Gasteiger partial charge in [0.15, 0.2) is 0 Å². The molecule has 0 saturated heterocycles. The molecule has 5 heteroatoms. The topological polar surface area (TPSA) is 49.8 Å². The Morgan fingerprint density at radius 1 is 0.929 bits per heavy atom. The van der Waals surface area contributed by atoms with Crippen LogP contribution in [0, 0.1) is 5.82 Å². The first-order chi connectivity index (χ1) is 13.8. The number of fused-ring (bicyclic) bond motifs is 1. The Kier molecular flexibility index (Phi) is 5.80. The molecule has 0 bridgehead atoms. The van der Waals surface area contributed by atoms with Crippen molar-refractivity contribution in [1.82, 2.24) is 9.97 Å². The summed E-state index contributed by atoms with van der Waals surface area (Å²) in [5.74, 6) is 1.20. The third-order valence-corrected chi connectivity index (χ3v) is 5.09. The lowest BCUT2D eigenvalue weighted by atomic mass is 9.97. The fourth-order valence-electron chi connectivity index (χ4n) is 3.55. The monoisotopic (exact) mass is 376 g/mol. The Morgan fingerprint density at radius 2 is 1.79 bits per heavy atom. The van der Waals surface area contributed by atoms with Crippen molar-refractivity contribution in [1.29, 1.82) is 0 Å². The minimum absolute atomic E-state index is 0.226. The van der Waals surface area contributed by atoms with Crippen molar-refractivity contribution >= 4 is 22.7 Å². The van der Waals surface area contributed by atoms with Crippen LogP contribution in [0.3, 0.4) is 0 Å². The van der Waals surface area contributed by atoms with Gasteiger partial charge in [0, 0.05) is 18.5 Å². The molecular formula is C23H25FN4. The van der Waals surface area contributed by atoms with Gasteiger partial charge in [0.2, 0.25) is 5.95 Å². The number of halogens is 1. The number of para-hydroxylation sites is 1. The third kappa shape index (κ3) is 4.66. The van der Waals surface area contributed by atoms with E-state index in [1.165, 1.54) is 43.4 Å². The minimum atomic E-state index is -0.226. The summed E-state index contributed by atoms with van der Waals surface area (Å²) in [6.07, 6.45) is 8.45. The molecule has 0 spiro atoms. The van der Waals surface area contributed by atoms with Crippen molar-refractivity contribution in [2.45, 2.75) is 38.6 Å². The quantitative estimate of drug-likeness (QED) is 0.521. The molecule has 0 aliphatic heterocycles. The van der Waals surface area contributed by atoms with Crippen molar-refractivity contribution < 1.29 is 4.39 Å². The molecular weight excluding hydrogens is 351 g/mol. The summed E-state index contributed by atoms with van der Waals surface area (Å²) in [7, 11) is 0. The average Bonchev–Trinajstić information content (AvgIpc) is 2.74.